The number of fused-ring (bicyclic) bond motifs is 1. The number of hydrogen-bond acceptors (Lipinski definition) is 6. The number of benzene rings is 1. The van der Waals surface area contributed by atoms with E-state index in [2.05, 4.69) is 73.7 Å². The highest BCUT2D eigenvalue weighted by Crippen LogP contribution is 2.25. The highest BCUT2D eigenvalue weighted by Gasteiger charge is 2.20. The Morgan fingerprint density at radius 1 is 0.971 bits per heavy atom. The van der Waals surface area contributed by atoms with Crippen molar-refractivity contribution < 1.29 is 0 Å². The largest absolute Gasteiger partial charge is 0.348 e. The molecule has 1 aromatic carbocycles. The van der Waals surface area contributed by atoms with Crippen molar-refractivity contribution in [1.29, 1.82) is 0 Å². The first-order valence-electron chi connectivity index (χ1n) is 12.7. The van der Waals surface area contributed by atoms with Crippen LogP contribution in [0.5, 0.6) is 0 Å². The molecule has 8 nitrogen and oxygen atoms in total. The van der Waals surface area contributed by atoms with Gasteiger partial charge in [0.05, 0.1) is 23.6 Å². The van der Waals surface area contributed by atoms with Crippen molar-refractivity contribution in [3.63, 3.8) is 0 Å². The average molecular weight is 495 g/mol. The van der Waals surface area contributed by atoms with E-state index in [1.165, 1.54) is 44.5 Å². The summed E-state index contributed by atoms with van der Waals surface area (Å²) >= 11 is 1.82. The quantitative estimate of drug-likeness (QED) is 0.152. The number of aromatic nitrogens is 6. The van der Waals surface area contributed by atoms with Gasteiger partial charge in [-0.1, -0.05) is 31.7 Å². The Hall–Kier alpha value is -2.62. The monoisotopic (exact) mass is 494 g/mol. The summed E-state index contributed by atoms with van der Waals surface area (Å²) in [5.74, 6) is 2.98. The zero-order chi connectivity index (χ0) is 24.5. The minimum atomic E-state index is 0.124. The molecule has 9 heteroatoms. The molecule has 4 rings (SSSR count). The second-order valence-corrected chi connectivity index (χ2v) is 10.1. The number of nitrogens with one attached hydrogen (secondary N) is 3. The van der Waals surface area contributed by atoms with Gasteiger partial charge in [-0.05, 0) is 63.5 Å². The number of nitrogens with zero attached hydrogens (tertiary/aromatic N) is 5. The summed E-state index contributed by atoms with van der Waals surface area (Å²) in [5, 5.41) is 1.01. The number of hydrogen-bond donors (Lipinski definition) is 3. The first kappa shape index (κ1) is 25.5. The summed E-state index contributed by atoms with van der Waals surface area (Å²) in [6.45, 7) is 11.7. The lowest BCUT2D eigenvalue weighted by atomic mass is 10.1. The molecule has 0 radical (unpaired) electrons. The van der Waals surface area contributed by atoms with Gasteiger partial charge in [0.25, 0.3) is 0 Å². The van der Waals surface area contributed by atoms with Crippen LogP contribution in [0.4, 0.5) is 0 Å². The molecule has 0 aliphatic rings. The van der Waals surface area contributed by atoms with E-state index < -0.39 is 0 Å². The molecule has 0 saturated heterocycles. The molecule has 0 amide bonds. The molecule has 3 heterocycles. The molecule has 0 fully saturated rings. The second kappa shape index (κ2) is 12.9. The lowest BCUT2D eigenvalue weighted by Crippen LogP contribution is -2.27. The van der Waals surface area contributed by atoms with Gasteiger partial charge >= 0.3 is 0 Å². The van der Waals surface area contributed by atoms with Crippen molar-refractivity contribution >= 4 is 22.8 Å². The molecule has 188 valence electrons. The molecular formula is C26H38N8S. The molecule has 0 spiro atoms. The van der Waals surface area contributed by atoms with Gasteiger partial charge in [0.15, 0.2) is 5.16 Å². The number of H-pyrrole nitrogens is 3. The van der Waals surface area contributed by atoms with E-state index in [-0.39, 0.29) is 6.04 Å². The minimum absolute atomic E-state index is 0.124. The van der Waals surface area contributed by atoms with Crippen LogP contribution in [0.15, 0.2) is 48.1 Å². The fourth-order valence-corrected chi connectivity index (χ4v) is 5.26. The van der Waals surface area contributed by atoms with Gasteiger partial charge in [-0.25, -0.2) is 15.0 Å². The third kappa shape index (κ3) is 7.19. The van der Waals surface area contributed by atoms with Gasteiger partial charge in [-0.15, -0.1) is 0 Å². The van der Waals surface area contributed by atoms with E-state index in [1.54, 1.807) is 12.4 Å². The summed E-state index contributed by atoms with van der Waals surface area (Å²) in [6.07, 6.45) is 11.0. The van der Waals surface area contributed by atoms with Gasteiger partial charge < -0.3 is 19.9 Å². The van der Waals surface area contributed by atoms with Crippen molar-refractivity contribution in [1.82, 2.24) is 39.7 Å². The average Bonchev–Trinajstić information content (AvgIpc) is 3.63. The Labute approximate surface area is 212 Å². The van der Waals surface area contributed by atoms with E-state index in [4.69, 9.17) is 4.98 Å². The van der Waals surface area contributed by atoms with Crippen LogP contribution in [0.2, 0.25) is 0 Å². The first-order chi connectivity index (χ1) is 17.2. The highest BCUT2D eigenvalue weighted by molar-refractivity contribution is 7.99. The SMILES string of the molecule is CCCN(CCC)CCCSc1nc2ccc(CN(Cc3ncc[nH]3)C(C)c3ncc[nH]3)cc2[nH]1. The third-order valence-electron chi connectivity index (χ3n) is 6.22. The fraction of sp³-hybridized carbons (Fsp3) is 0.500. The predicted molar refractivity (Wildman–Crippen MR) is 143 cm³/mol. The molecule has 4 aromatic rings. The van der Waals surface area contributed by atoms with Crippen LogP contribution in [0, 0.1) is 0 Å². The van der Waals surface area contributed by atoms with Crippen LogP contribution < -0.4 is 0 Å². The van der Waals surface area contributed by atoms with Crippen molar-refractivity contribution in [2.24, 2.45) is 0 Å². The van der Waals surface area contributed by atoms with Crippen molar-refractivity contribution in [3.8, 4) is 0 Å². The fourth-order valence-electron chi connectivity index (χ4n) is 4.44. The summed E-state index contributed by atoms with van der Waals surface area (Å²) in [7, 11) is 0. The predicted octanol–water partition coefficient (Wildman–Crippen LogP) is 5.38. The zero-order valence-electron chi connectivity index (χ0n) is 21.1. The van der Waals surface area contributed by atoms with E-state index in [0.717, 1.165) is 40.1 Å². The van der Waals surface area contributed by atoms with Gasteiger partial charge in [-0.2, -0.15) is 0 Å². The van der Waals surface area contributed by atoms with E-state index in [1.807, 2.05) is 24.2 Å². The van der Waals surface area contributed by atoms with Crippen LogP contribution in [-0.2, 0) is 13.1 Å². The number of aromatic amines is 3. The van der Waals surface area contributed by atoms with E-state index in [9.17, 15) is 0 Å². The highest BCUT2D eigenvalue weighted by atomic mass is 32.2. The maximum Gasteiger partial charge on any atom is 0.166 e. The Morgan fingerprint density at radius 3 is 2.49 bits per heavy atom. The molecule has 35 heavy (non-hydrogen) atoms. The normalized spacial score (nSPS) is 12.8. The molecule has 0 bridgehead atoms. The minimum Gasteiger partial charge on any atom is -0.348 e. The van der Waals surface area contributed by atoms with Gasteiger partial charge in [0, 0.05) is 37.1 Å². The molecule has 0 saturated carbocycles. The molecule has 3 N–H and O–H groups in total. The standard InChI is InChI=1S/C26H38N8S/c1-4-13-33(14-5-2)15-6-16-35-26-31-22-8-7-21(17-23(22)32-26)18-34(19-24-27-9-10-28-24)20(3)25-29-11-12-30-25/h7-12,17,20H,4-6,13-16,18-19H2,1-3H3,(H,27,28)(H,29,30)(H,31,32). The van der Waals surface area contributed by atoms with Crippen molar-refractivity contribution in [2.45, 2.75) is 64.3 Å². The van der Waals surface area contributed by atoms with Crippen LogP contribution in [0.25, 0.3) is 11.0 Å². The van der Waals surface area contributed by atoms with Gasteiger partial charge in [0.2, 0.25) is 0 Å². The second-order valence-electron chi connectivity index (χ2n) is 9.03. The molecule has 0 aliphatic carbocycles. The summed E-state index contributed by atoms with van der Waals surface area (Å²) in [4.78, 5) is 28.7. The smallest absolute Gasteiger partial charge is 0.166 e. The van der Waals surface area contributed by atoms with Crippen LogP contribution >= 0.6 is 11.8 Å². The number of thioether (sulfide) groups is 1. The van der Waals surface area contributed by atoms with Gasteiger partial charge in [0.1, 0.15) is 11.6 Å². The van der Waals surface area contributed by atoms with Crippen LogP contribution in [-0.4, -0.2) is 65.1 Å². The van der Waals surface area contributed by atoms with Crippen molar-refractivity contribution in [3.05, 3.63) is 60.2 Å². The summed E-state index contributed by atoms with van der Waals surface area (Å²) < 4.78 is 0. The molecule has 1 atom stereocenters. The maximum atomic E-state index is 4.81. The summed E-state index contributed by atoms with van der Waals surface area (Å²) in [6, 6.07) is 6.65. The summed E-state index contributed by atoms with van der Waals surface area (Å²) in [5.41, 5.74) is 3.34. The third-order valence-corrected chi connectivity index (χ3v) is 7.18. The number of imidazole rings is 3. The first-order valence-corrected chi connectivity index (χ1v) is 13.7. The molecule has 0 aliphatic heterocycles. The Kier molecular flexibility index (Phi) is 9.39. The topological polar surface area (TPSA) is 92.5 Å². The molecule has 3 aromatic heterocycles. The van der Waals surface area contributed by atoms with Crippen LogP contribution in [0.3, 0.4) is 0 Å². The lowest BCUT2D eigenvalue weighted by molar-refractivity contribution is 0.181. The van der Waals surface area contributed by atoms with Crippen molar-refractivity contribution in [2.75, 3.05) is 25.4 Å². The molecular weight excluding hydrogens is 456 g/mol. The Bertz CT molecular complexity index is 1120. The van der Waals surface area contributed by atoms with Crippen LogP contribution in [0.1, 0.15) is 63.3 Å². The number of rotatable bonds is 15. The van der Waals surface area contributed by atoms with Gasteiger partial charge in [-0.3, -0.25) is 4.90 Å². The van der Waals surface area contributed by atoms with E-state index in [0.29, 0.717) is 6.54 Å². The molecule has 1 unspecified atom stereocenters. The Morgan fingerprint density at radius 2 is 1.77 bits per heavy atom. The van der Waals surface area contributed by atoms with E-state index >= 15 is 0 Å². The lowest BCUT2D eigenvalue weighted by Gasteiger charge is -2.27. The zero-order valence-corrected chi connectivity index (χ0v) is 21.9. The maximum absolute atomic E-state index is 4.81. The Balaban J connectivity index is 1.39.